The van der Waals surface area contributed by atoms with Crippen LogP contribution < -0.4 is 9.47 Å². The Labute approximate surface area is 119 Å². The SMILES string of the molecule is COc1cc(Cl)c2c(c1OC)C(O)CC(C)(C)CC2. The highest BCUT2D eigenvalue weighted by Crippen LogP contribution is 2.48. The molecule has 1 aliphatic rings. The molecule has 0 aliphatic heterocycles. The topological polar surface area (TPSA) is 38.7 Å². The van der Waals surface area contributed by atoms with Gasteiger partial charge in [0.15, 0.2) is 11.5 Å². The highest BCUT2D eigenvalue weighted by molar-refractivity contribution is 6.31. The summed E-state index contributed by atoms with van der Waals surface area (Å²) in [6, 6.07) is 1.77. The van der Waals surface area contributed by atoms with E-state index in [4.69, 9.17) is 21.1 Å². The summed E-state index contributed by atoms with van der Waals surface area (Å²) in [6.45, 7) is 4.33. The lowest BCUT2D eigenvalue weighted by molar-refractivity contribution is 0.114. The molecule has 19 heavy (non-hydrogen) atoms. The van der Waals surface area contributed by atoms with Crippen molar-refractivity contribution in [3.63, 3.8) is 0 Å². The van der Waals surface area contributed by atoms with Gasteiger partial charge < -0.3 is 14.6 Å². The first-order valence-electron chi connectivity index (χ1n) is 6.51. The number of aliphatic hydroxyl groups excluding tert-OH is 1. The zero-order valence-electron chi connectivity index (χ0n) is 11.9. The largest absolute Gasteiger partial charge is 0.493 e. The van der Waals surface area contributed by atoms with Crippen molar-refractivity contribution in [3.05, 3.63) is 22.2 Å². The predicted octanol–water partition coefficient (Wildman–Crippen LogP) is 3.75. The molecule has 0 spiro atoms. The van der Waals surface area contributed by atoms with Crippen LogP contribution in [-0.2, 0) is 6.42 Å². The van der Waals surface area contributed by atoms with Crippen LogP contribution in [0.15, 0.2) is 6.07 Å². The van der Waals surface area contributed by atoms with E-state index in [-0.39, 0.29) is 5.41 Å². The van der Waals surface area contributed by atoms with Crippen LogP contribution in [0.25, 0.3) is 0 Å². The zero-order valence-corrected chi connectivity index (χ0v) is 12.7. The Bertz CT molecular complexity index is 483. The molecule has 1 N–H and O–H groups in total. The number of methoxy groups -OCH3 is 2. The fourth-order valence-electron chi connectivity index (χ4n) is 2.83. The Balaban J connectivity index is 2.62. The first kappa shape index (κ1) is 14.5. The minimum atomic E-state index is -0.574. The number of aliphatic hydroxyl groups is 1. The molecule has 1 atom stereocenters. The van der Waals surface area contributed by atoms with Gasteiger partial charge in [-0.2, -0.15) is 0 Å². The van der Waals surface area contributed by atoms with Gasteiger partial charge in [-0.05, 0) is 30.2 Å². The Kier molecular flexibility index (Phi) is 3.98. The molecule has 0 heterocycles. The molecule has 1 aromatic carbocycles. The molecule has 0 amide bonds. The van der Waals surface area contributed by atoms with Crippen molar-refractivity contribution in [2.75, 3.05) is 14.2 Å². The maximum atomic E-state index is 10.5. The second-order valence-electron chi connectivity index (χ2n) is 5.87. The third-order valence-corrected chi connectivity index (χ3v) is 4.23. The molecule has 1 aromatic rings. The van der Waals surface area contributed by atoms with Crippen LogP contribution in [0, 0.1) is 5.41 Å². The maximum absolute atomic E-state index is 10.5. The Morgan fingerprint density at radius 1 is 1.32 bits per heavy atom. The van der Waals surface area contributed by atoms with Crippen LogP contribution in [0.2, 0.25) is 5.02 Å². The van der Waals surface area contributed by atoms with Gasteiger partial charge in [-0.25, -0.2) is 0 Å². The molecule has 0 fully saturated rings. The second-order valence-corrected chi connectivity index (χ2v) is 6.28. The van der Waals surface area contributed by atoms with Crippen molar-refractivity contribution in [3.8, 4) is 11.5 Å². The molecule has 4 heteroatoms. The average molecular weight is 285 g/mol. The molecule has 0 radical (unpaired) electrons. The number of fused-ring (bicyclic) bond motifs is 1. The predicted molar refractivity (Wildman–Crippen MR) is 76.2 cm³/mol. The Morgan fingerprint density at radius 2 is 2.00 bits per heavy atom. The number of hydrogen-bond donors (Lipinski definition) is 1. The van der Waals surface area contributed by atoms with Gasteiger partial charge in [-0.3, -0.25) is 0 Å². The zero-order chi connectivity index (χ0) is 14.2. The first-order chi connectivity index (χ1) is 8.89. The Morgan fingerprint density at radius 3 is 2.58 bits per heavy atom. The van der Waals surface area contributed by atoms with Crippen molar-refractivity contribution in [2.45, 2.75) is 39.2 Å². The van der Waals surface area contributed by atoms with Crippen molar-refractivity contribution >= 4 is 11.6 Å². The fraction of sp³-hybridized carbons (Fsp3) is 0.600. The Hall–Kier alpha value is -0.930. The number of hydrogen-bond acceptors (Lipinski definition) is 3. The highest BCUT2D eigenvalue weighted by atomic mass is 35.5. The van der Waals surface area contributed by atoms with Gasteiger partial charge in [-0.1, -0.05) is 25.4 Å². The van der Waals surface area contributed by atoms with Crippen LogP contribution in [0.5, 0.6) is 11.5 Å². The highest BCUT2D eigenvalue weighted by Gasteiger charge is 2.33. The standard InChI is InChI=1S/C15H21ClO3/c1-15(2)6-5-9-10(16)7-12(18-3)14(19-4)13(9)11(17)8-15/h7,11,17H,5-6,8H2,1-4H3. The normalized spacial score (nSPS) is 21.5. The summed E-state index contributed by atoms with van der Waals surface area (Å²) >= 11 is 6.34. The molecule has 106 valence electrons. The fourth-order valence-corrected chi connectivity index (χ4v) is 3.12. The lowest BCUT2D eigenvalue weighted by Gasteiger charge is -2.24. The summed E-state index contributed by atoms with van der Waals surface area (Å²) in [4.78, 5) is 0. The maximum Gasteiger partial charge on any atom is 0.166 e. The van der Waals surface area contributed by atoms with Gasteiger partial charge in [0.2, 0.25) is 0 Å². The van der Waals surface area contributed by atoms with E-state index in [9.17, 15) is 5.11 Å². The van der Waals surface area contributed by atoms with Crippen LogP contribution in [-0.4, -0.2) is 19.3 Å². The van der Waals surface area contributed by atoms with Gasteiger partial charge in [0.05, 0.1) is 20.3 Å². The van der Waals surface area contributed by atoms with Gasteiger partial charge in [-0.15, -0.1) is 0 Å². The molecule has 0 saturated carbocycles. The molecule has 3 nitrogen and oxygen atoms in total. The van der Waals surface area contributed by atoms with E-state index in [1.54, 1.807) is 20.3 Å². The molecule has 0 saturated heterocycles. The van der Waals surface area contributed by atoms with Crippen molar-refractivity contribution < 1.29 is 14.6 Å². The summed E-state index contributed by atoms with van der Waals surface area (Å²) in [7, 11) is 3.17. The lowest BCUT2D eigenvalue weighted by Crippen LogP contribution is -2.14. The lowest BCUT2D eigenvalue weighted by atomic mass is 9.84. The molecule has 0 aromatic heterocycles. The van der Waals surface area contributed by atoms with Crippen molar-refractivity contribution in [2.24, 2.45) is 5.41 Å². The smallest absolute Gasteiger partial charge is 0.166 e. The monoisotopic (exact) mass is 284 g/mol. The molecular formula is C15H21ClO3. The van der Waals surface area contributed by atoms with Crippen LogP contribution in [0.3, 0.4) is 0 Å². The van der Waals surface area contributed by atoms with E-state index in [1.165, 1.54) is 0 Å². The van der Waals surface area contributed by atoms with E-state index in [1.807, 2.05) is 0 Å². The second kappa shape index (κ2) is 5.22. The van der Waals surface area contributed by atoms with E-state index in [0.717, 1.165) is 24.0 Å². The third-order valence-electron chi connectivity index (χ3n) is 3.89. The minimum Gasteiger partial charge on any atom is -0.493 e. The van der Waals surface area contributed by atoms with Crippen LogP contribution in [0.1, 0.15) is 43.9 Å². The van der Waals surface area contributed by atoms with Gasteiger partial charge in [0, 0.05) is 16.7 Å². The minimum absolute atomic E-state index is 0.0833. The number of rotatable bonds is 2. The third kappa shape index (κ3) is 2.67. The summed E-state index contributed by atoms with van der Waals surface area (Å²) in [5.74, 6) is 1.18. The van der Waals surface area contributed by atoms with E-state index >= 15 is 0 Å². The van der Waals surface area contributed by atoms with E-state index in [2.05, 4.69) is 13.8 Å². The van der Waals surface area contributed by atoms with Crippen LogP contribution >= 0.6 is 11.6 Å². The van der Waals surface area contributed by atoms with E-state index in [0.29, 0.717) is 22.9 Å². The quantitative estimate of drug-likeness (QED) is 0.841. The van der Waals surface area contributed by atoms with Gasteiger partial charge in [0.25, 0.3) is 0 Å². The molecule has 2 rings (SSSR count). The molecule has 0 bridgehead atoms. The number of halogens is 1. The summed E-state index contributed by atoms with van der Waals surface area (Å²) in [5.41, 5.74) is 1.86. The van der Waals surface area contributed by atoms with Crippen LogP contribution in [0.4, 0.5) is 0 Å². The molecular weight excluding hydrogens is 264 g/mol. The first-order valence-corrected chi connectivity index (χ1v) is 6.88. The van der Waals surface area contributed by atoms with E-state index < -0.39 is 6.10 Å². The molecule has 1 unspecified atom stereocenters. The number of benzene rings is 1. The summed E-state index contributed by atoms with van der Waals surface area (Å²) in [5, 5.41) is 11.2. The van der Waals surface area contributed by atoms with Gasteiger partial charge in [0.1, 0.15) is 0 Å². The summed E-state index contributed by atoms with van der Waals surface area (Å²) in [6.07, 6.45) is 1.96. The summed E-state index contributed by atoms with van der Waals surface area (Å²) < 4.78 is 10.7. The number of ether oxygens (including phenoxy) is 2. The van der Waals surface area contributed by atoms with Gasteiger partial charge >= 0.3 is 0 Å². The molecule has 1 aliphatic carbocycles. The van der Waals surface area contributed by atoms with Crippen molar-refractivity contribution in [1.29, 1.82) is 0 Å². The van der Waals surface area contributed by atoms with Crippen molar-refractivity contribution in [1.82, 2.24) is 0 Å². The average Bonchev–Trinajstić information content (AvgIpc) is 2.46.